The van der Waals surface area contributed by atoms with E-state index < -0.39 is 0 Å². The summed E-state index contributed by atoms with van der Waals surface area (Å²) >= 11 is 0. The fourth-order valence-electron chi connectivity index (χ4n) is 3.00. The van der Waals surface area contributed by atoms with Crippen molar-refractivity contribution >= 4 is 17.8 Å². The van der Waals surface area contributed by atoms with E-state index in [0.29, 0.717) is 11.3 Å². The maximum atomic E-state index is 12.2. The van der Waals surface area contributed by atoms with Crippen LogP contribution in [-0.4, -0.2) is 13.1 Å². The van der Waals surface area contributed by atoms with Crippen LogP contribution in [0.4, 0.5) is 0 Å². The smallest absolute Gasteiger partial charge is 0.343 e. The standard InChI is InChI=1S/C24H18O3/c1-26-22-9-5-6-17(15-22)14-21-16-23(27-24(21)25)20-12-10-19(11-13-20)18-7-3-2-4-8-18/h2-16H,1H3/b21-14+. The van der Waals surface area contributed by atoms with E-state index in [2.05, 4.69) is 12.1 Å². The lowest BCUT2D eigenvalue weighted by Gasteiger charge is -2.05. The number of carbonyl (C=O) groups is 1. The van der Waals surface area contributed by atoms with E-state index in [-0.39, 0.29) is 5.97 Å². The lowest BCUT2D eigenvalue weighted by atomic mass is 10.0. The summed E-state index contributed by atoms with van der Waals surface area (Å²) in [6, 6.07) is 25.7. The van der Waals surface area contributed by atoms with Crippen LogP contribution in [0.3, 0.4) is 0 Å². The highest BCUT2D eigenvalue weighted by molar-refractivity contribution is 6.05. The molecule has 0 saturated heterocycles. The molecule has 0 atom stereocenters. The normalized spacial score (nSPS) is 14.8. The van der Waals surface area contributed by atoms with E-state index in [4.69, 9.17) is 9.47 Å². The van der Waals surface area contributed by atoms with E-state index in [1.807, 2.05) is 66.7 Å². The van der Waals surface area contributed by atoms with E-state index in [1.165, 1.54) is 0 Å². The first-order chi connectivity index (χ1) is 13.2. The topological polar surface area (TPSA) is 35.5 Å². The van der Waals surface area contributed by atoms with Gasteiger partial charge in [-0.3, -0.25) is 0 Å². The van der Waals surface area contributed by atoms with E-state index in [0.717, 1.165) is 28.0 Å². The molecule has 0 unspecified atom stereocenters. The van der Waals surface area contributed by atoms with Gasteiger partial charge in [-0.25, -0.2) is 4.79 Å². The zero-order chi connectivity index (χ0) is 18.6. The lowest BCUT2D eigenvalue weighted by Crippen LogP contribution is -1.97. The van der Waals surface area contributed by atoms with Crippen molar-refractivity contribution in [2.24, 2.45) is 0 Å². The van der Waals surface area contributed by atoms with Crippen LogP contribution >= 0.6 is 0 Å². The predicted octanol–water partition coefficient (Wildman–Crippen LogP) is 5.34. The molecular formula is C24H18O3. The molecule has 27 heavy (non-hydrogen) atoms. The quantitative estimate of drug-likeness (QED) is 0.468. The predicted molar refractivity (Wildman–Crippen MR) is 107 cm³/mol. The molecule has 0 amide bonds. The number of ether oxygens (including phenoxy) is 2. The molecule has 3 aromatic carbocycles. The average Bonchev–Trinajstić information content (AvgIpc) is 3.09. The highest BCUT2D eigenvalue weighted by atomic mass is 16.5. The fourth-order valence-corrected chi connectivity index (χ4v) is 3.00. The summed E-state index contributed by atoms with van der Waals surface area (Å²) in [5, 5.41) is 0. The van der Waals surface area contributed by atoms with Crippen molar-refractivity contribution in [3.05, 3.63) is 102 Å². The Morgan fingerprint density at radius 2 is 1.52 bits per heavy atom. The summed E-state index contributed by atoms with van der Waals surface area (Å²) in [7, 11) is 1.62. The van der Waals surface area contributed by atoms with Crippen molar-refractivity contribution in [1.82, 2.24) is 0 Å². The second kappa shape index (κ2) is 7.34. The summed E-state index contributed by atoms with van der Waals surface area (Å²) < 4.78 is 10.7. The fraction of sp³-hybridized carbons (Fsp3) is 0.0417. The summed E-state index contributed by atoms with van der Waals surface area (Å²) in [6.07, 6.45) is 3.58. The first-order valence-corrected chi connectivity index (χ1v) is 8.68. The third-order valence-electron chi connectivity index (χ3n) is 4.42. The molecule has 4 rings (SSSR count). The Kier molecular flexibility index (Phi) is 4.58. The van der Waals surface area contributed by atoms with Gasteiger partial charge in [0.2, 0.25) is 0 Å². The van der Waals surface area contributed by atoms with E-state index >= 15 is 0 Å². The van der Waals surface area contributed by atoms with Crippen LogP contribution in [0.5, 0.6) is 5.75 Å². The number of rotatable bonds is 4. The van der Waals surface area contributed by atoms with Crippen molar-refractivity contribution < 1.29 is 14.3 Å². The highest BCUT2D eigenvalue weighted by Gasteiger charge is 2.22. The minimum atomic E-state index is -0.347. The Morgan fingerprint density at radius 1 is 0.815 bits per heavy atom. The number of benzene rings is 3. The van der Waals surface area contributed by atoms with Gasteiger partial charge in [-0.2, -0.15) is 0 Å². The average molecular weight is 354 g/mol. The van der Waals surface area contributed by atoms with Crippen molar-refractivity contribution in [2.45, 2.75) is 0 Å². The Morgan fingerprint density at radius 3 is 2.26 bits per heavy atom. The third-order valence-corrected chi connectivity index (χ3v) is 4.42. The van der Waals surface area contributed by atoms with Gasteiger partial charge >= 0.3 is 5.97 Å². The second-order valence-electron chi connectivity index (χ2n) is 6.22. The minimum absolute atomic E-state index is 0.347. The van der Waals surface area contributed by atoms with Crippen molar-refractivity contribution in [1.29, 1.82) is 0 Å². The van der Waals surface area contributed by atoms with E-state index in [1.54, 1.807) is 19.3 Å². The molecule has 0 spiro atoms. The van der Waals surface area contributed by atoms with Crippen LogP contribution in [0, 0.1) is 0 Å². The van der Waals surface area contributed by atoms with Crippen molar-refractivity contribution in [2.75, 3.05) is 7.11 Å². The van der Waals surface area contributed by atoms with Gasteiger partial charge in [-0.15, -0.1) is 0 Å². The number of esters is 1. The molecule has 1 aliphatic heterocycles. The van der Waals surface area contributed by atoms with Crippen LogP contribution in [0.2, 0.25) is 0 Å². The number of cyclic esters (lactones) is 1. The Bertz CT molecular complexity index is 1030. The molecular weight excluding hydrogens is 336 g/mol. The van der Waals surface area contributed by atoms with Crippen molar-refractivity contribution in [3.63, 3.8) is 0 Å². The van der Waals surface area contributed by atoms with Gasteiger partial charge < -0.3 is 9.47 Å². The van der Waals surface area contributed by atoms with Gasteiger partial charge in [-0.1, -0.05) is 66.7 Å². The molecule has 1 aliphatic rings. The van der Waals surface area contributed by atoms with Gasteiger partial charge in [0.05, 0.1) is 12.7 Å². The van der Waals surface area contributed by atoms with Crippen LogP contribution < -0.4 is 4.74 Å². The maximum Gasteiger partial charge on any atom is 0.343 e. The molecule has 1 heterocycles. The first-order valence-electron chi connectivity index (χ1n) is 8.68. The van der Waals surface area contributed by atoms with Crippen LogP contribution in [-0.2, 0) is 9.53 Å². The molecule has 0 aromatic heterocycles. The number of methoxy groups -OCH3 is 1. The molecule has 0 saturated carbocycles. The van der Waals surface area contributed by atoms with Gasteiger partial charge in [0, 0.05) is 5.56 Å². The molecule has 0 radical (unpaired) electrons. The second-order valence-corrected chi connectivity index (χ2v) is 6.22. The number of hydrogen-bond donors (Lipinski definition) is 0. The van der Waals surface area contributed by atoms with Crippen LogP contribution in [0.1, 0.15) is 11.1 Å². The monoisotopic (exact) mass is 354 g/mol. The van der Waals surface area contributed by atoms with Gasteiger partial charge in [0.15, 0.2) is 0 Å². The zero-order valence-electron chi connectivity index (χ0n) is 14.9. The highest BCUT2D eigenvalue weighted by Crippen LogP contribution is 2.29. The SMILES string of the molecule is COc1cccc(/C=C2\C=C(c3ccc(-c4ccccc4)cc3)OC2=O)c1. The largest absolute Gasteiger partial charge is 0.497 e. The maximum absolute atomic E-state index is 12.2. The molecule has 0 N–H and O–H groups in total. The summed E-state index contributed by atoms with van der Waals surface area (Å²) in [4.78, 5) is 12.2. The van der Waals surface area contributed by atoms with Gasteiger partial charge in [0.1, 0.15) is 11.5 Å². The van der Waals surface area contributed by atoms with Gasteiger partial charge in [-0.05, 0) is 41.0 Å². The minimum Gasteiger partial charge on any atom is -0.497 e. The first kappa shape index (κ1) is 16.9. The summed E-state index contributed by atoms with van der Waals surface area (Å²) in [5.41, 5.74) is 4.55. The van der Waals surface area contributed by atoms with E-state index in [9.17, 15) is 4.79 Å². The lowest BCUT2D eigenvalue weighted by molar-refractivity contribution is -0.130. The molecule has 132 valence electrons. The van der Waals surface area contributed by atoms with Gasteiger partial charge in [0.25, 0.3) is 0 Å². The molecule has 3 heteroatoms. The summed E-state index contributed by atoms with van der Waals surface area (Å²) in [6.45, 7) is 0. The Hall–Kier alpha value is -3.59. The molecule has 0 fully saturated rings. The Balaban J connectivity index is 1.60. The third kappa shape index (κ3) is 3.67. The number of carbonyl (C=O) groups excluding carboxylic acids is 1. The number of hydrogen-bond acceptors (Lipinski definition) is 3. The van der Waals surface area contributed by atoms with Crippen LogP contribution in [0.25, 0.3) is 23.0 Å². The molecule has 0 bridgehead atoms. The van der Waals surface area contributed by atoms with Crippen molar-refractivity contribution in [3.8, 4) is 16.9 Å². The zero-order valence-corrected chi connectivity index (χ0v) is 14.9. The Labute approximate surface area is 158 Å². The molecule has 0 aliphatic carbocycles. The van der Waals surface area contributed by atoms with Crippen LogP contribution in [0.15, 0.2) is 90.5 Å². The molecule has 3 nitrogen and oxygen atoms in total. The summed E-state index contributed by atoms with van der Waals surface area (Å²) in [5.74, 6) is 0.963. The molecule has 3 aromatic rings.